The minimum Gasteiger partial charge on any atom is -0.326 e. The summed E-state index contributed by atoms with van der Waals surface area (Å²) in [5.41, 5.74) is 5.91. The maximum Gasteiger partial charge on any atom is 0.295 e. The lowest BCUT2D eigenvalue weighted by molar-refractivity contribution is 0.483. The topological polar surface area (TPSA) is 80.4 Å². The average molecular weight is 186 g/mol. The van der Waals surface area contributed by atoms with E-state index in [1.54, 1.807) is 6.07 Å². The van der Waals surface area contributed by atoms with Gasteiger partial charge in [-0.15, -0.1) is 0 Å². The highest BCUT2D eigenvalue weighted by Crippen LogP contribution is 2.09. The summed E-state index contributed by atoms with van der Waals surface area (Å²) in [7, 11) is -4.15. The highest BCUT2D eigenvalue weighted by Gasteiger charge is 2.08. The van der Waals surface area contributed by atoms with Crippen molar-refractivity contribution in [3.8, 4) is 0 Å². The summed E-state index contributed by atoms with van der Waals surface area (Å²) in [6, 6.07) is 6.72. The highest BCUT2D eigenvalue weighted by molar-refractivity contribution is 7.85. The largest absolute Gasteiger partial charge is 0.326 e. The lowest BCUT2D eigenvalue weighted by atomic mass is 10.2. The van der Waals surface area contributed by atoms with Crippen LogP contribution in [0, 0.1) is 6.07 Å². The van der Waals surface area contributed by atoms with Crippen LogP contribution in [0.4, 0.5) is 0 Å². The van der Waals surface area contributed by atoms with Gasteiger partial charge in [-0.3, -0.25) is 4.55 Å². The predicted molar refractivity (Wildman–Crippen MR) is 43.0 cm³/mol. The van der Waals surface area contributed by atoms with Crippen molar-refractivity contribution in [2.75, 3.05) is 0 Å². The fourth-order valence-corrected chi connectivity index (χ4v) is 1.28. The molecular weight excluding hydrogens is 178 g/mol. The molecule has 0 aromatic heterocycles. The molecule has 0 unspecified atom stereocenters. The molecule has 0 saturated heterocycles. The van der Waals surface area contributed by atoms with Gasteiger partial charge in [0, 0.05) is 12.6 Å². The van der Waals surface area contributed by atoms with Crippen LogP contribution in [0.5, 0.6) is 0 Å². The molecule has 3 N–H and O–H groups in total. The zero-order valence-corrected chi connectivity index (χ0v) is 7.00. The van der Waals surface area contributed by atoms with Gasteiger partial charge in [0.25, 0.3) is 10.1 Å². The summed E-state index contributed by atoms with van der Waals surface area (Å²) in [6.45, 7) is 0.233. The normalized spacial score (nSPS) is 11.5. The van der Waals surface area contributed by atoms with Crippen molar-refractivity contribution in [2.45, 2.75) is 11.4 Å². The van der Waals surface area contributed by atoms with Gasteiger partial charge in [0.05, 0.1) is 0 Å². The Bertz CT molecular complexity index is 372. The lowest BCUT2D eigenvalue weighted by Gasteiger charge is -1.98. The van der Waals surface area contributed by atoms with Gasteiger partial charge in [0.1, 0.15) is 4.90 Å². The van der Waals surface area contributed by atoms with E-state index in [1.807, 2.05) is 0 Å². The minimum absolute atomic E-state index is 0.233. The number of nitrogens with two attached hydrogens (primary N) is 1. The zero-order valence-electron chi connectivity index (χ0n) is 6.19. The summed E-state index contributed by atoms with van der Waals surface area (Å²) < 4.78 is 29.8. The van der Waals surface area contributed by atoms with E-state index >= 15 is 0 Å². The molecular formula is C7H8NO3S. The Hall–Kier alpha value is -0.910. The van der Waals surface area contributed by atoms with Crippen molar-refractivity contribution < 1.29 is 13.0 Å². The summed E-state index contributed by atoms with van der Waals surface area (Å²) in [5.74, 6) is 0. The molecule has 0 atom stereocenters. The van der Waals surface area contributed by atoms with E-state index in [1.165, 1.54) is 12.1 Å². The van der Waals surface area contributed by atoms with Crippen molar-refractivity contribution in [3.05, 3.63) is 29.8 Å². The molecule has 4 nitrogen and oxygen atoms in total. The van der Waals surface area contributed by atoms with Gasteiger partial charge < -0.3 is 5.73 Å². The van der Waals surface area contributed by atoms with Gasteiger partial charge >= 0.3 is 0 Å². The van der Waals surface area contributed by atoms with Gasteiger partial charge in [0.2, 0.25) is 0 Å². The highest BCUT2D eigenvalue weighted by atomic mass is 32.2. The Balaban J connectivity index is 3.20. The Morgan fingerprint density at radius 2 is 2.25 bits per heavy atom. The monoisotopic (exact) mass is 186 g/mol. The van der Waals surface area contributed by atoms with Crippen LogP contribution in [0.15, 0.2) is 23.1 Å². The van der Waals surface area contributed by atoms with Gasteiger partial charge in [-0.2, -0.15) is 8.42 Å². The first-order valence-corrected chi connectivity index (χ1v) is 4.66. The van der Waals surface area contributed by atoms with Crippen LogP contribution in [0.1, 0.15) is 5.56 Å². The maximum atomic E-state index is 10.6. The van der Waals surface area contributed by atoms with Crippen LogP contribution >= 0.6 is 0 Å². The van der Waals surface area contributed by atoms with Crippen LogP contribution in [0.2, 0.25) is 0 Å². The summed E-state index contributed by atoms with van der Waals surface area (Å²) in [5, 5.41) is 0. The van der Waals surface area contributed by atoms with Gasteiger partial charge in [-0.05, 0) is 11.6 Å². The van der Waals surface area contributed by atoms with E-state index in [-0.39, 0.29) is 11.4 Å². The molecule has 0 aliphatic heterocycles. The molecule has 0 spiro atoms. The molecule has 1 aromatic rings. The van der Waals surface area contributed by atoms with E-state index in [0.29, 0.717) is 5.56 Å². The molecule has 0 fully saturated rings. The summed E-state index contributed by atoms with van der Waals surface area (Å²) in [6.07, 6.45) is 0. The fraction of sp³-hybridized carbons (Fsp3) is 0.143. The second-order valence-electron chi connectivity index (χ2n) is 2.24. The lowest BCUT2D eigenvalue weighted by Crippen LogP contribution is -2.01. The zero-order chi connectivity index (χ0) is 9.19. The third-order valence-corrected chi connectivity index (χ3v) is 2.14. The van der Waals surface area contributed by atoms with Crippen molar-refractivity contribution in [2.24, 2.45) is 5.73 Å². The van der Waals surface area contributed by atoms with E-state index in [9.17, 15) is 8.42 Å². The van der Waals surface area contributed by atoms with Crippen molar-refractivity contribution in [1.82, 2.24) is 0 Å². The third kappa shape index (κ3) is 2.04. The van der Waals surface area contributed by atoms with E-state index in [4.69, 9.17) is 10.3 Å². The average Bonchev–Trinajstić information content (AvgIpc) is 2.03. The molecule has 1 aromatic carbocycles. The van der Waals surface area contributed by atoms with Crippen LogP contribution in [0.3, 0.4) is 0 Å². The van der Waals surface area contributed by atoms with Gasteiger partial charge in [-0.1, -0.05) is 12.1 Å². The van der Waals surface area contributed by atoms with Gasteiger partial charge in [0.15, 0.2) is 0 Å². The van der Waals surface area contributed by atoms with Gasteiger partial charge in [-0.25, -0.2) is 0 Å². The number of hydrogen-bond donors (Lipinski definition) is 2. The van der Waals surface area contributed by atoms with Crippen molar-refractivity contribution in [3.63, 3.8) is 0 Å². The smallest absolute Gasteiger partial charge is 0.295 e. The summed E-state index contributed by atoms with van der Waals surface area (Å²) in [4.78, 5) is -0.245. The van der Waals surface area contributed by atoms with E-state index in [2.05, 4.69) is 6.07 Å². The van der Waals surface area contributed by atoms with Crippen LogP contribution < -0.4 is 5.73 Å². The molecule has 0 saturated carbocycles. The number of hydrogen-bond acceptors (Lipinski definition) is 3. The second-order valence-corrected chi connectivity index (χ2v) is 3.63. The fourth-order valence-electron chi connectivity index (χ4n) is 0.765. The molecule has 0 amide bonds. The molecule has 0 bridgehead atoms. The Labute approximate surface area is 70.8 Å². The Morgan fingerprint density at radius 3 is 2.75 bits per heavy atom. The molecule has 65 valence electrons. The van der Waals surface area contributed by atoms with Crippen LogP contribution in [-0.2, 0) is 16.7 Å². The Kier molecular flexibility index (Phi) is 2.46. The van der Waals surface area contributed by atoms with E-state index in [0.717, 1.165) is 0 Å². The molecule has 0 aliphatic rings. The van der Waals surface area contributed by atoms with Crippen LogP contribution in [-0.4, -0.2) is 13.0 Å². The molecule has 12 heavy (non-hydrogen) atoms. The molecule has 0 heterocycles. The van der Waals surface area contributed by atoms with Crippen molar-refractivity contribution >= 4 is 10.1 Å². The van der Waals surface area contributed by atoms with Crippen LogP contribution in [0.25, 0.3) is 0 Å². The third-order valence-electron chi connectivity index (χ3n) is 1.35. The quantitative estimate of drug-likeness (QED) is 0.646. The predicted octanol–water partition coefficient (Wildman–Crippen LogP) is 0.192. The Morgan fingerprint density at radius 1 is 1.58 bits per heavy atom. The maximum absolute atomic E-state index is 10.6. The van der Waals surface area contributed by atoms with Crippen molar-refractivity contribution in [1.29, 1.82) is 0 Å². The SMILES string of the molecule is NCc1cc[c]c(S(=O)(=O)O)c1. The number of benzene rings is 1. The first kappa shape index (κ1) is 9.18. The number of rotatable bonds is 2. The minimum atomic E-state index is -4.15. The molecule has 0 aliphatic carbocycles. The van der Waals surface area contributed by atoms with E-state index < -0.39 is 10.1 Å². The second kappa shape index (κ2) is 3.22. The summed E-state index contributed by atoms with van der Waals surface area (Å²) >= 11 is 0. The molecule has 5 heteroatoms. The molecule has 1 rings (SSSR count). The standard InChI is InChI=1S/C7H8NO3S/c8-5-6-2-1-3-7(4-6)12(9,10)11/h1-2,4H,5,8H2,(H,9,10,11). The first-order chi connectivity index (χ1) is 5.54. The molecule has 1 radical (unpaired) electrons. The first-order valence-electron chi connectivity index (χ1n) is 3.22.